The van der Waals surface area contributed by atoms with Gasteiger partial charge in [-0.25, -0.2) is 0 Å². The van der Waals surface area contributed by atoms with E-state index in [0.29, 0.717) is 0 Å². The number of benzene rings is 1. The molecule has 0 unspecified atom stereocenters. The molecule has 108 valence electrons. The maximum Gasteiger partial charge on any atom is 0.225 e. The molecule has 0 bridgehead atoms. The van der Waals surface area contributed by atoms with Gasteiger partial charge in [0.05, 0.1) is 0 Å². The minimum absolute atomic E-state index is 0.0855. The van der Waals surface area contributed by atoms with Crippen LogP contribution in [0, 0.1) is 5.41 Å². The van der Waals surface area contributed by atoms with Gasteiger partial charge >= 0.3 is 0 Å². The first-order chi connectivity index (χ1) is 9.19. The second-order valence-electron chi connectivity index (χ2n) is 7.12. The smallest absolute Gasteiger partial charge is 0.225 e. The van der Waals surface area contributed by atoms with E-state index < -0.39 is 0 Å². The zero-order valence-electron chi connectivity index (χ0n) is 13.0. The van der Waals surface area contributed by atoms with Crippen molar-refractivity contribution >= 4 is 16.8 Å². The summed E-state index contributed by atoms with van der Waals surface area (Å²) in [5, 5.41) is 4.37. The quantitative estimate of drug-likeness (QED) is 0.880. The molecule has 1 amide bonds. The molecule has 0 spiro atoms. The van der Waals surface area contributed by atoms with Crippen LogP contribution in [0.5, 0.6) is 0 Å². The zero-order valence-corrected chi connectivity index (χ0v) is 13.0. The number of para-hydroxylation sites is 1. The lowest BCUT2D eigenvalue weighted by Gasteiger charge is -2.30. The lowest BCUT2D eigenvalue weighted by molar-refractivity contribution is -0.130. The summed E-state index contributed by atoms with van der Waals surface area (Å²) in [4.78, 5) is 15.4. The summed E-state index contributed by atoms with van der Waals surface area (Å²) in [5.74, 6) is 0.0855. The van der Waals surface area contributed by atoms with Crippen molar-refractivity contribution in [3.8, 4) is 0 Å². The topological polar surface area (TPSA) is 44.9 Å². The molecule has 20 heavy (non-hydrogen) atoms. The van der Waals surface area contributed by atoms with Crippen molar-refractivity contribution in [1.82, 2.24) is 10.3 Å². The van der Waals surface area contributed by atoms with Crippen molar-refractivity contribution in [1.29, 1.82) is 0 Å². The van der Waals surface area contributed by atoms with Crippen LogP contribution in [-0.2, 0) is 11.2 Å². The molecule has 1 aromatic heterocycles. The predicted octanol–water partition coefficient (Wildman–Crippen LogP) is 3.65. The van der Waals surface area contributed by atoms with E-state index in [9.17, 15) is 4.79 Å². The van der Waals surface area contributed by atoms with E-state index in [-0.39, 0.29) is 16.9 Å². The van der Waals surface area contributed by atoms with Gasteiger partial charge in [-0.05, 0) is 31.9 Å². The third-order valence-corrected chi connectivity index (χ3v) is 3.44. The summed E-state index contributed by atoms with van der Waals surface area (Å²) in [6, 6.07) is 8.25. The highest BCUT2D eigenvalue weighted by molar-refractivity contribution is 5.84. The lowest BCUT2D eigenvalue weighted by atomic mass is 9.90. The number of amides is 1. The third kappa shape index (κ3) is 3.21. The number of hydrogen-bond donors (Lipinski definition) is 2. The summed E-state index contributed by atoms with van der Waals surface area (Å²) in [5.41, 5.74) is 1.74. The molecular formula is C17H24N2O. The van der Waals surface area contributed by atoms with Crippen molar-refractivity contribution in [3.63, 3.8) is 0 Å². The molecule has 0 fully saturated rings. The van der Waals surface area contributed by atoms with Crippen LogP contribution < -0.4 is 5.32 Å². The molecule has 0 saturated heterocycles. The van der Waals surface area contributed by atoms with Gasteiger partial charge in [0.25, 0.3) is 0 Å². The Morgan fingerprint density at radius 3 is 2.45 bits per heavy atom. The summed E-state index contributed by atoms with van der Waals surface area (Å²) < 4.78 is 0. The molecule has 2 aromatic rings. The van der Waals surface area contributed by atoms with Crippen LogP contribution in [0.25, 0.3) is 10.9 Å². The fourth-order valence-corrected chi connectivity index (χ4v) is 2.29. The van der Waals surface area contributed by atoms with Crippen molar-refractivity contribution in [3.05, 3.63) is 36.0 Å². The highest BCUT2D eigenvalue weighted by atomic mass is 16.2. The summed E-state index contributed by atoms with van der Waals surface area (Å²) in [6.07, 6.45) is 2.84. The molecule has 2 N–H and O–H groups in total. The maximum atomic E-state index is 12.2. The maximum absolute atomic E-state index is 12.2. The number of aromatic amines is 1. The number of hydrogen-bond acceptors (Lipinski definition) is 1. The summed E-state index contributed by atoms with van der Waals surface area (Å²) in [7, 11) is 0. The van der Waals surface area contributed by atoms with Crippen molar-refractivity contribution < 1.29 is 4.79 Å². The Hall–Kier alpha value is -1.77. The van der Waals surface area contributed by atoms with Gasteiger partial charge in [0, 0.05) is 28.1 Å². The lowest BCUT2D eigenvalue weighted by Crippen LogP contribution is -2.49. The number of fused-ring (bicyclic) bond motifs is 1. The van der Waals surface area contributed by atoms with Gasteiger partial charge in [0.2, 0.25) is 5.91 Å². The van der Waals surface area contributed by atoms with Crippen LogP contribution in [-0.4, -0.2) is 16.4 Å². The van der Waals surface area contributed by atoms with Crippen molar-refractivity contribution in [2.75, 3.05) is 0 Å². The molecule has 0 aliphatic heterocycles. The Bertz CT molecular complexity index is 617. The second kappa shape index (κ2) is 4.97. The highest BCUT2D eigenvalue weighted by Gasteiger charge is 2.28. The average molecular weight is 272 g/mol. The molecule has 0 atom stereocenters. The van der Waals surface area contributed by atoms with E-state index in [1.165, 1.54) is 10.9 Å². The third-order valence-electron chi connectivity index (χ3n) is 3.44. The Morgan fingerprint density at radius 1 is 1.15 bits per heavy atom. The van der Waals surface area contributed by atoms with Gasteiger partial charge in [-0.1, -0.05) is 39.0 Å². The van der Waals surface area contributed by atoms with E-state index in [1.807, 2.05) is 39.1 Å². The van der Waals surface area contributed by atoms with Crippen molar-refractivity contribution in [2.24, 2.45) is 5.41 Å². The van der Waals surface area contributed by atoms with Gasteiger partial charge in [-0.15, -0.1) is 0 Å². The first-order valence-electron chi connectivity index (χ1n) is 7.07. The highest BCUT2D eigenvalue weighted by Crippen LogP contribution is 2.23. The first kappa shape index (κ1) is 14.6. The SMILES string of the molecule is CC(C)(Cc1c[nH]c2ccccc12)NC(=O)C(C)(C)C. The minimum Gasteiger partial charge on any atom is -0.361 e. The zero-order chi connectivity index (χ0) is 15.0. The molecule has 3 heteroatoms. The van der Waals surface area contributed by atoms with Gasteiger partial charge < -0.3 is 10.3 Å². The van der Waals surface area contributed by atoms with E-state index in [4.69, 9.17) is 0 Å². The van der Waals surface area contributed by atoms with Crippen molar-refractivity contribution in [2.45, 2.75) is 46.6 Å². The number of rotatable bonds is 3. The molecule has 0 radical (unpaired) electrons. The Morgan fingerprint density at radius 2 is 1.80 bits per heavy atom. The minimum atomic E-state index is -0.364. The van der Waals surface area contributed by atoms with Crippen LogP contribution >= 0.6 is 0 Å². The number of H-pyrrole nitrogens is 1. The summed E-state index contributed by atoms with van der Waals surface area (Å²) in [6.45, 7) is 9.94. The molecule has 2 rings (SSSR count). The normalized spacial score (nSPS) is 12.7. The van der Waals surface area contributed by atoms with Crippen LogP contribution in [0.1, 0.15) is 40.2 Å². The van der Waals surface area contributed by atoms with E-state index in [2.05, 4.69) is 36.3 Å². The molecule has 1 aromatic carbocycles. The first-order valence-corrected chi connectivity index (χ1v) is 7.07. The standard InChI is InChI=1S/C17H24N2O/c1-16(2,3)15(20)19-17(4,5)10-12-11-18-14-9-7-6-8-13(12)14/h6-9,11,18H,10H2,1-5H3,(H,19,20). The molecule has 1 heterocycles. The van der Waals surface area contributed by atoms with Crippen LogP contribution in [0.3, 0.4) is 0 Å². The summed E-state index contributed by atoms with van der Waals surface area (Å²) >= 11 is 0. The predicted molar refractivity (Wildman–Crippen MR) is 83.7 cm³/mol. The van der Waals surface area contributed by atoms with Gasteiger partial charge in [0.15, 0.2) is 0 Å². The molecular weight excluding hydrogens is 248 g/mol. The van der Waals surface area contributed by atoms with E-state index >= 15 is 0 Å². The molecule has 3 nitrogen and oxygen atoms in total. The number of carbonyl (C=O) groups is 1. The monoisotopic (exact) mass is 272 g/mol. The largest absolute Gasteiger partial charge is 0.361 e. The van der Waals surface area contributed by atoms with Crippen LogP contribution in [0.15, 0.2) is 30.5 Å². The van der Waals surface area contributed by atoms with Gasteiger partial charge in [-0.3, -0.25) is 4.79 Å². The van der Waals surface area contributed by atoms with E-state index in [1.54, 1.807) is 0 Å². The van der Waals surface area contributed by atoms with Crippen LogP contribution in [0.4, 0.5) is 0 Å². The number of nitrogens with one attached hydrogen (secondary N) is 2. The average Bonchev–Trinajstić information content (AvgIpc) is 2.70. The van der Waals surface area contributed by atoms with Gasteiger partial charge in [0.1, 0.15) is 0 Å². The van der Waals surface area contributed by atoms with Gasteiger partial charge in [-0.2, -0.15) is 0 Å². The second-order valence-corrected chi connectivity index (χ2v) is 7.12. The van der Waals surface area contributed by atoms with Crippen LogP contribution in [0.2, 0.25) is 0 Å². The molecule has 0 aliphatic rings. The molecule has 0 aliphatic carbocycles. The Kier molecular flexibility index (Phi) is 3.63. The number of aromatic nitrogens is 1. The Labute approximate surface area is 120 Å². The Balaban J connectivity index is 2.18. The fourth-order valence-electron chi connectivity index (χ4n) is 2.29. The fraction of sp³-hybridized carbons (Fsp3) is 0.471. The number of carbonyl (C=O) groups excluding carboxylic acids is 1. The van der Waals surface area contributed by atoms with E-state index in [0.717, 1.165) is 11.9 Å². The molecule has 0 saturated carbocycles.